The van der Waals surface area contributed by atoms with Gasteiger partial charge in [0, 0.05) is 38.0 Å². The second-order valence-electron chi connectivity index (χ2n) is 6.47. The van der Waals surface area contributed by atoms with Crippen LogP contribution in [0.15, 0.2) is 47.6 Å². The number of ether oxygens (including phenoxy) is 1. The van der Waals surface area contributed by atoms with E-state index in [1.54, 1.807) is 31.4 Å². The van der Waals surface area contributed by atoms with Crippen LogP contribution in [0.25, 0.3) is 0 Å². The minimum Gasteiger partial charge on any atom is -0.439 e. The molecule has 27 heavy (non-hydrogen) atoms. The highest BCUT2D eigenvalue weighted by Gasteiger charge is 2.14. The Labute approximate surface area is 176 Å². The van der Waals surface area contributed by atoms with Crippen LogP contribution in [0.5, 0.6) is 11.6 Å². The summed E-state index contributed by atoms with van der Waals surface area (Å²) in [5, 5.41) is 6.80. The molecule has 0 saturated heterocycles. The molecule has 1 saturated carbocycles. The standard InChI is InChI=1S/C20H25FN4O.HI/c1-22-20(25-17-7-3-2-4-8-17)24-14-15-10-11-19(23-13-15)26-18-9-5-6-16(21)12-18;/h5-6,9-13,17H,2-4,7-8,14H2,1H3,(H2,22,24,25);1H. The lowest BCUT2D eigenvalue weighted by molar-refractivity contribution is 0.410. The first-order valence-corrected chi connectivity index (χ1v) is 9.08. The quantitative estimate of drug-likeness (QED) is 0.369. The van der Waals surface area contributed by atoms with E-state index in [0.29, 0.717) is 24.2 Å². The van der Waals surface area contributed by atoms with Crippen LogP contribution in [-0.2, 0) is 6.54 Å². The molecule has 2 N–H and O–H groups in total. The number of rotatable bonds is 5. The molecule has 0 unspecified atom stereocenters. The van der Waals surface area contributed by atoms with Gasteiger partial charge in [-0.25, -0.2) is 9.37 Å². The summed E-state index contributed by atoms with van der Waals surface area (Å²) in [5.74, 6) is 1.35. The molecule has 0 bridgehead atoms. The number of aromatic nitrogens is 1. The van der Waals surface area contributed by atoms with Crippen molar-refractivity contribution in [2.75, 3.05) is 7.05 Å². The maximum Gasteiger partial charge on any atom is 0.219 e. The fraction of sp³-hybridized carbons (Fsp3) is 0.400. The zero-order chi connectivity index (χ0) is 18.2. The molecule has 1 aromatic carbocycles. The van der Waals surface area contributed by atoms with Crippen molar-refractivity contribution in [3.05, 3.63) is 54.0 Å². The SMILES string of the molecule is CN=C(NCc1ccc(Oc2cccc(F)c2)nc1)NC1CCCCC1.I. The lowest BCUT2D eigenvalue weighted by Gasteiger charge is -2.24. The average molecular weight is 484 g/mol. The summed E-state index contributed by atoms with van der Waals surface area (Å²) in [7, 11) is 1.78. The molecule has 0 aliphatic heterocycles. The molecule has 146 valence electrons. The minimum atomic E-state index is -0.333. The third-order valence-corrected chi connectivity index (χ3v) is 4.45. The lowest BCUT2D eigenvalue weighted by Crippen LogP contribution is -2.43. The number of pyridine rings is 1. The van der Waals surface area contributed by atoms with Crippen LogP contribution in [0, 0.1) is 5.82 Å². The van der Waals surface area contributed by atoms with E-state index in [4.69, 9.17) is 4.74 Å². The Morgan fingerprint density at radius 3 is 2.70 bits per heavy atom. The summed E-state index contributed by atoms with van der Waals surface area (Å²) >= 11 is 0. The van der Waals surface area contributed by atoms with E-state index in [-0.39, 0.29) is 29.8 Å². The van der Waals surface area contributed by atoms with Gasteiger partial charge >= 0.3 is 0 Å². The molecule has 3 rings (SSSR count). The fourth-order valence-corrected chi connectivity index (χ4v) is 3.05. The second-order valence-corrected chi connectivity index (χ2v) is 6.47. The van der Waals surface area contributed by atoms with Crippen molar-refractivity contribution in [1.29, 1.82) is 0 Å². The summed E-state index contributed by atoms with van der Waals surface area (Å²) in [6, 6.07) is 10.2. The van der Waals surface area contributed by atoms with Gasteiger partial charge in [-0.2, -0.15) is 0 Å². The molecule has 7 heteroatoms. The number of hydrogen-bond acceptors (Lipinski definition) is 3. The predicted molar refractivity (Wildman–Crippen MR) is 116 cm³/mol. The summed E-state index contributed by atoms with van der Waals surface area (Å²) in [5.41, 5.74) is 1.02. The molecule has 1 aliphatic rings. The Bertz CT molecular complexity index is 733. The largest absolute Gasteiger partial charge is 0.439 e. The van der Waals surface area contributed by atoms with Crippen molar-refractivity contribution < 1.29 is 9.13 Å². The molecule has 0 atom stereocenters. The van der Waals surface area contributed by atoms with Crippen LogP contribution in [0.1, 0.15) is 37.7 Å². The number of benzene rings is 1. The first kappa shape index (κ1) is 21.4. The highest BCUT2D eigenvalue weighted by Crippen LogP contribution is 2.20. The third-order valence-electron chi connectivity index (χ3n) is 4.45. The van der Waals surface area contributed by atoms with Gasteiger partial charge in [0.05, 0.1) is 0 Å². The highest BCUT2D eigenvalue weighted by atomic mass is 127. The Morgan fingerprint density at radius 1 is 1.22 bits per heavy atom. The van der Waals surface area contributed by atoms with Crippen molar-refractivity contribution in [2.24, 2.45) is 4.99 Å². The first-order chi connectivity index (χ1) is 12.7. The van der Waals surface area contributed by atoms with Gasteiger partial charge in [-0.1, -0.05) is 31.4 Å². The number of halogens is 2. The number of hydrogen-bond donors (Lipinski definition) is 2. The van der Waals surface area contributed by atoms with Gasteiger partial charge in [-0.3, -0.25) is 4.99 Å². The minimum absolute atomic E-state index is 0. The summed E-state index contributed by atoms with van der Waals surface area (Å²) in [6.45, 7) is 0.625. The predicted octanol–water partition coefficient (Wildman–Crippen LogP) is 4.63. The lowest BCUT2D eigenvalue weighted by atomic mass is 9.96. The van der Waals surface area contributed by atoms with Crippen LogP contribution in [0.3, 0.4) is 0 Å². The van der Waals surface area contributed by atoms with E-state index in [1.807, 2.05) is 6.07 Å². The van der Waals surface area contributed by atoms with E-state index >= 15 is 0 Å². The normalized spacial score (nSPS) is 15.0. The Morgan fingerprint density at radius 2 is 2.04 bits per heavy atom. The van der Waals surface area contributed by atoms with E-state index < -0.39 is 0 Å². The molecular formula is C20H26FIN4O. The van der Waals surface area contributed by atoms with Crippen LogP contribution >= 0.6 is 24.0 Å². The highest BCUT2D eigenvalue weighted by molar-refractivity contribution is 14.0. The molecule has 1 aliphatic carbocycles. The summed E-state index contributed by atoms with van der Waals surface area (Å²) in [6.07, 6.45) is 8.05. The van der Waals surface area contributed by atoms with Crippen LogP contribution in [0.2, 0.25) is 0 Å². The molecule has 2 aromatic rings. The molecule has 5 nitrogen and oxygen atoms in total. The maximum atomic E-state index is 13.2. The van der Waals surface area contributed by atoms with Crippen molar-refractivity contribution >= 4 is 29.9 Å². The van der Waals surface area contributed by atoms with Gasteiger partial charge < -0.3 is 15.4 Å². The van der Waals surface area contributed by atoms with Crippen molar-refractivity contribution in [3.8, 4) is 11.6 Å². The molecule has 1 heterocycles. The summed E-state index contributed by atoms with van der Waals surface area (Å²) < 4.78 is 18.7. The first-order valence-electron chi connectivity index (χ1n) is 9.08. The molecule has 1 fully saturated rings. The maximum absolute atomic E-state index is 13.2. The zero-order valence-electron chi connectivity index (χ0n) is 15.5. The molecule has 0 amide bonds. The van der Waals surface area contributed by atoms with Crippen molar-refractivity contribution in [3.63, 3.8) is 0 Å². The Balaban J connectivity index is 0.00000261. The van der Waals surface area contributed by atoms with Crippen LogP contribution in [-0.4, -0.2) is 24.0 Å². The van der Waals surface area contributed by atoms with Crippen molar-refractivity contribution in [1.82, 2.24) is 15.6 Å². The van der Waals surface area contributed by atoms with Gasteiger partial charge in [0.15, 0.2) is 5.96 Å². The average Bonchev–Trinajstić information content (AvgIpc) is 2.67. The van der Waals surface area contributed by atoms with Crippen molar-refractivity contribution in [2.45, 2.75) is 44.7 Å². The van der Waals surface area contributed by atoms with Gasteiger partial charge in [0.1, 0.15) is 11.6 Å². The van der Waals surface area contributed by atoms with E-state index in [1.165, 1.54) is 44.2 Å². The summed E-state index contributed by atoms with van der Waals surface area (Å²) in [4.78, 5) is 8.57. The Hall–Kier alpha value is -1.90. The third kappa shape index (κ3) is 6.97. The van der Waals surface area contributed by atoms with Crippen LogP contribution < -0.4 is 15.4 Å². The van der Waals surface area contributed by atoms with Gasteiger partial charge in [-0.05, 0) is 30.5 Å². The Kier molecular flexibility index (Phi) is 8.77. The van der Waals surface area contributed by atoms with E-state index in [2.05, 4.69) is 20.6 Å². The van der Waals surface area contributed by atoms with Crippen LogP contribution in [0.4, 0.5) is 4.39 Å². The zero-order valence-corrected chi connectivity index (χ0v) is 17.8. The van der Waals surface area contributed by atoms with E-state index in [0.717, 1.165) is 11.5 Å². The molecule has 0 spiro atoms. The van der Waals surface area contributed by atoms with Gasteiger partial charge in [0.25, 0.3) is 0 Å². The number of guanidine groups is 1. The topological polar surface area (TPSA) is 58.5 Å². The van der Waals surface area contributed by atoms with Gasteiger partial charge in [0.2, 0.25) is 5.88 Å². The number of nitrogens with one attached hydrogen (secondary N) is 2. The molecule has 1 aromatic heterocycles. The monoisotopic (exact) mass is 484 g/mol. The van der Waals surface area contributed by atoms with Gasteiger partial charge in [-0.15, -0.1) is 24.0 Å². The second kappa shape index (κ2) is 11.1. The fourth-order valence-electron chi connectivity index (χ4n) is 3.05. The molecular weight excluding hydrogens is 458 g/mol. The molecule has 0 radical (unpaired) electrons. The smallest absolute Gasteiger partial charge is 0.219 e. The van der Waals surface area contributed by atoms with E-state index in [9.17, 15) is 4.39 Å². The number of nitrogens with zero attached hydrogens (tertiary/aromatic N) is 2. The number of aliphatic imine (C=N–C) groups is 1.